The van der Waals surface area contributed by atoms with E-state index in [1.807, 2.05) is 6.92 Å². The smallest absolute Gasteiger partial charge is 0.313 e. The van der Waals surface area contributed by atoms with E-state index in [0.717, 1.165) is 12.1 Å². The molecule has 0 radical (unpaired) electrons. The maximum Gasteiger partial charge on any atom is 0.416 e. The molecule has 7 nitrogen and oxygen atoms in total. The molecule has 0 spiro atoms. The predicted molar refractivity (Wildman–Crippen MR) is 103 cm³/mol. The monoisotopic (exact) mass is 415 g/mol. The molecule has 1 aromatic carbocycles. The lowest BCUT2D eigenvalue weighted by Crippen LogP contribution is -2.42. The molecule has 30 heavy (non-hydrogen) atoms. The van der Waals surface area contributed by atoms with Gasteiger partial charge < -0.3 is 10.2 Å². The molecule has 3 heterocycles. The number of nitrogens with one attached hydrogen (secondary N) is 1. The normalized spacial score (nSPS) is 16.3. The van der Waals surface area contributed by atoms with Gasteiger partial charge in [0.05, 0.1) is 17.8 Å². The number of carbonyl (C=O) groups is 2. The van der Waals surface area contributed by atoms with Crippen LogP contribution in [0.25, 0.3) is 11.1 Å². The summed E-state index contributed by atoms with van der Waals surface area (Å²) in [7, 11) is 0. The van der Waals surface area contributed by atoms with Crippen molar-refractivity contribution in [3.63, 3.8) is 0 Å². The van der Waals surface area contributed by atoms with E-state index in [1.54, 1.807) is 23.0 Å². The van der Waals surface area contributed by atoms with Crippen LogP contribution in [-0.2, 0) is 11.0 Å². The molecular formula is C20H16F3N5O2. The van der Waals surface area contributed by atoms with Gasteiger partial charge in [0.1, 0.15) is 11.5 Å². The molecular weight excluding hydrogens is 399 g/mol. The van der Waals surface area contributed by atoms with Crippen LogP contribution < -0.4 is 10.2 Å². The van der Waals surface area contributed by atoms with Gasteiger partial charge in [0.25, 0.3) is 5.91 Å². The molecule has 2 amide bonds. The van der Waals surface area contributed by atoms with Crippen molar-refractivity contribution in [2.24, 2.45) is 0 Å². The Morgan fingerprint density at radius 2 is 1.93 bits per heavy atom. The number of hydrogen-bond donors (Lipinski definition) is 1. The molecule has 4 rings (SSSR count). The van der Waals surface area contributed by atoms with Gasteiger partial charge in [0, 0.05) is 24.0 Å². The molecule has 3 aromatic rings. The molecule has 1 aliphatic heterocycles. The van der Waals surface area contributed by atoms with Crippen molar-refractivity contribution in [3.05, 3.63) is 60.0 Å². The molecule has 0 aliphatic carbocycles. The van der Waals surface area contributed by atoms with Crippen LogP contribution in [0.4, 0.5) is 24.7 Å². The maximum atomic E-state index is 13.3. The molecule has 0 saturated heterocycles. The lowest BCUT2D eigenvalue weighted by Gasteiger charge is -2.32. The van der Waals surface area contributed by atoms with Crippen molar-refractivity contribution in [3.8, 4) is 11.1 Å². The number of nitrogens with zero attached hydrogens (tertiary/aromatic N) is 4. The van der Waals surface area contributed by atoms with E-state index in [4.69, 9.17) is 0 Å². The Morgan fingerprint density at radius 3 is 2.60 bits per heavy atom. The van der Waals surface area contributed by atoms with Crippen molar-refractivity contribution < 1.29 is 22.8 Å². The minimum atomic E-state index is -4.45. The lowest BCUT2D eigenvalue weighted by molar-refractivity contribution is -0.137. The van der Waals surface area contributed by atoms with Crippen molar-refractivity contribution in [2.45, 2.75) is 19.1 Å². The fourth-order valence-electron chi connectivity index (χ4n) is 3.46. The summed E-state index contributed by atoms with van der Waals surface area (Å²) < 4.78 is 40.2. The number of halogens is 3. The van der Waals surface area contributed by atoms with Crippen LogP contribution in [0.1, 0.15) is 29.0 Å². The molecule has 0 saturated carbocycles. The van der Waals surface area contributed by atoms with Crippen LogP contribution in [0.2, 0.25) is 0 Å². The van der Waals surface area contributed by atoms with E-state index in [0.29, 0.717) is 34.7 Å². The van der Waals surface area contributed by atoms with Crippen LogP contribution in [0.5, 0.6) is 0 Å². The topological polar surface area (TPSA) is 80.1 Å². The van der Waals surface area contributed by atoms with Gasteiger partial charge in [0.15, 0.2) is 0 Å². The quantitative estimate of drug-likeness (QED) is 0.658. The Hall–Kier alpha value is -3.69. The summed E-state index contributed by atoms with van der Waals surface area (Å²) in [4.78, 5) is 29.4. The highest BCUT2D eigenvalue weighted by Gasteiger charge is 2.35. The van der Waals surface area contributed by atoms with Gasteiger partial charge in [-0.05, 0) is 48.9 Å². The van der Waals surface area contributed by atoms with Gasteiger partial charge in [-0.2, -0.15) is 18.3 Å². The van der Waals surface area contributed by atoms with Gasteiger partial charge in [-0.1, -0.05) is 0 Å². The SMILES string of the molecule is CC1CN(c2ccc(C(F)(F)F)cc2)C(=O)c2c(-c3ccnc(NC=O)c3)cnn21. The number of anilines is 2. The maximum absolute atomic E-state index is 13.3. The number of carbonyl (C=O) groups excluding carboxylic acids is 2. The number of pyridine rings is 1. The zero-order valence-electron chi connectivity index (χ0n) is 15.7. The third-order valence-electron chi connectivity index (χ3n) is 4.89. The zero-order valence-corrected chi connectivity index (χ0v) is 15.7. The highest BCUT2D eigenvalue weighted by atomic mass is 19.4. The molecule has 1 atom stereocenters. The first kappa shape index (κ1) is 19.6. The Balaban J connectivity index is 1.73. The summed E-state index contributed by atoms with van der Waals surface area (Å²) in [6.45, 7) is 2.14. The lowest BCUT2D eigenvalue weighted by atomic mass is 10.0. The van der Waals surface area contributed by atoms with Crippen molar-refractivity contribution in [1.29, 1.82) is 0 Å². The molecule has 154 valence electrons. The van der Waals surface area contributed by atoms with Crippen LogP contribution >= 0.6 is 0 Å². The first-order valence-electron chi connectivity index (χ1n) is 9.03. The fraction of sp³-hybridized carbons (Fsp3) is 0.200. The Kier molecular flexibility index (Phi) is 4.76. The number of benzene rings is 1. The minimum absolute atomic E-state index is 0.192. The number of alkyl halides is 3. The van der Waals surface area contributed by atoms with Crippen molar-refractivity contribution in [1.82, 2.24) is 14.8 Å². The number of hydrogen-bond acceptors (Lipinski definition) is 4. The fourth-order valence-corrected chi connectivity index (χ4v) is 3.46. The highest BCUT2D eigenvalue weighted by Crippen LogP contribution is 2.35. The molecule has 2 aromatic heterocycles. The first-order chi connectivity index (χ1) is 14.3. The van der Waals surface area contributed by atoms with Gasteiger partial charge in [-0.15, -0.1) is 0 Å². The van der Waals surface area contributed by atoms with Gasteiger partial charge in [-0.3, -0.25) is 14.3 Å². The van der Waals surface area contributed by atoms with Crippen LogP contribution in [-0.4, -0.2) is 33.6 Å². The number of amides is 2. The Labute approximate surface area is 169 Å². The first-order valence-corrected chi connectivity index (χ1v) is 9.03. The van der Waals surface area contributed by atoms with Crippen LogP contribution in [0.3, 0.4) is 0 Å². The molecule has 1 aliphatic rings. The molecule has 0 bridgehead atoms. The van der Waals surface area contributed by atoms with Crippen molar-refractivity contribution >= 4 is 23.8 Å². The predicted octanol–water partition coefficient (Wildman–Crippen LogP) is 3.75. The van der Waals surface area contributed by atoms with E-state index in [1.165, 1.54) is 23.2 Å². The number of fused-ring (bicyclic) bond motifs is 1. The van der Waals surface area contributed by atoms with Crippen LogP contribution in [0, 0.1) is 0 Å². The average molecular weight is 415 g/mol. The molecule has 10 heteroatoms. The van der Waals surface area contributed by atoms with Gasteiger partial charge >= 0.3 is 6.18 Å². The third kappa shape index (κ3) is 3.40. The van der Waals surface area contributed by atoms with Crippen molar-refractivity contribution in [2.75, 3.05) is 16.8 Å². The molecule has 1 unspecified atom stereocenters. The van der Waals surface area contributed by atoms with Crippen LogP contribution in [0.15, 0.2) is 48.8 Å². The largest absolute Gasteiger partial charge is 0.416 e. The summed E-state index contributed by atoms with van der Waals surface area (Å²) in [5, 5.41) is 6.78. The zero-order chi connectivity index (χ0) is 21.5. The third-order valence-corrected chi connectivity index (χ3v) is 4.89. The van der Waals surface area contributed by atoms with E-state index in [2.05, 4.69) is 15.4 Å². The second-order valence-corrected chi connectivity index (χ2v) is 6.85. The van der Waals surface area contributed by atoms with E-state index in [-0.39, 0.29) is 18.5 Å². The number of aromatic nitrogens is 3. The van der Waals surface area contributed by atoms with E-state index >= 15 is 0 Å². The summed E-state index contributed by atoms with van der Waals surface area (Å²) in [5.41, 5.74) is 1.08. The van der Waals surface area contributed by atoms with Gasteiger partial charge in [0.2, 0.25) is 6.41 Å². The highest BCUT2D eigenvalue weighted by molar-refractivity contribution is 6.09. The Morgan fingerprint density at radius 1 is 1.20 bits per heavy atom. The second-order valence-electron chi connectivity index (χ2n) is 6.85. The standard InChI is InChI=1S/C20H16F3N5O2/c1-12-10-27(15-4-2-14(3-5-15)20(21,22)23)19(30)18-16(9-26-28(12)18)13-6-7-24-17(8-13)25-11-29/h2-9,11-12H,10H2,1H3,(H,24,25,29). The summed E-state index contributed by atoms with van der Waals surface area (Å²) in [6, 6.07) is 7.60. The second kappa shape index (κ2) is 7.29. The molecule has 1 N–H and O–H groups in total. The Bertz CT molecular complexity index is 1110. The van der Waals surface area contributed by atoms with Gasteiger partial charge in [-0.25, -0.2) is 4.98 Å². The number of rotatable bonds is 4. The van der Waals surface area contributed by atoms with E-state index in [9.17, 15) is 22.8 Å². The summed E-state index contributed by atoms with van der Waals surface area (Å²) in [5.74, 6) is -0.0552. The minimum Gasteiger partial charge on any atom is -0.313 e. The van der Waals surface area contributed by atoms with E-state index < -0.39 is 11.7 Å². The molecule has 0 fully saturated rings. The summed E-state index contributed by atoms with van der Waals surface area (Å²) in [6.07, 6.45) is -0.896. The average Bonchev–Trinajstić information content (AvgIpc) is 3.17. The summed E-state index contributed by atoms with van der Waals surface area (Å²) >= 11 is 0.